The molecule has 0 spiro atoms. The van der Waals surface area contributed by atoms with E-state index in [1.54, 1.807) is 17.0 Å². The molecule has 2 heterocycles. The first-order valence-electron chi connectivity index (χ1n) is 8.72. The molecule has 140 valence electrons. The number of carbonyl (C=O) groups is 1. The van der Waals surface area contributed by atoms with Crippen molar-refractivity contribution in [2.45, 2.75) is 24.7 Å². The average molecular weight is 385 g/mol. The molecule has 27 heavy (non-hydrogen) atoms. The van der Waals surface area contributed by atoms with Crippen LogP contribution in [0.1, 0.15) is 28.9 Å². The Morgan fingerprint density at radius 2 is 1.81 bits per heavy atom. The molecule has 1 aromatic heterocycles. The summed E-state index contributed by atoms with van der Waals surface area (Å²) in [7, 11) is -3.80. The van der Waals surface area contributed by atoms with Gasteiger partial charge in [0.05, 0.1) is 10.3 Å². The van der Waals surface area contributed by atoms with Crippen LogP contribution in [-0.2, 0) is 10.0 Å². The molecule has 1 N–H and O–H groups in total. The van der Waals surface area contributed by atoms with Gasteiger partial charge in [-0.3, -0.25) is 9.52 Å². The van der Waals surface area contributed by atoms with Crippen LogP contribution in [0.4, 0.5) is 5.69 Å². The number of amides is 1. The van der Waals surface area contributed by atoms with Crippen LogP contribution in [0.15, 0.2) is 51.9 Å². The maximum absolute atomic E-state index is 12.7. The van der Waals surface area contributed by atoms with Crippen LogP contribution in [0.3, 0.4) is 0 Å². The summed E-state index contributed by atoms with van der Waals surface area (Å²) in [6.45, 7) is 3.29. The zero-order valence-corrected chi connectivity index (χ0v) is 15.6. The van der Waals surface area contributed by atoms with Crippen molar-refractivity contribution >= 4 is 32.6 Å². The minimum Gasteiger partial charge on any atom is -0.355 e. The molecule has 8 heteroatoms. The summed E-state index contributed by atoms with van der Waals surface area (Å²) in [5.74, 6) is -0.229. The number of nitrogens with zero attached hydrogens (tertiary/aromatic N) is 2. The van der Waals surface area contributed by atoms with Crippen molar-refractivity contribution in [3.05, 3.63) is 53.7 Å². The number of aromatic nitrogens is 1. The van der Waals surface area contributed by atoms with E-state index in [4.69, 9.17) is 4.52 Å². The van der Waals surface area contributed by atoms with E-state index in [0.717, 1.165) is 18.4 Å². The summed E-state index contributed by atoms with van der Waals surface area (Å²) in [6.07, 6.45) is 1.92. The van der Waals surface area contributed by atoms with Crippen molar-refractivity contribution in [1.82, 2.24) is 10.1 Å². The molecule has 0 unspecified atom stereocenters. The maximum Gasteiger partial charge on any atom is 0.276 e. The second kappa shape index (κ2) is 6.70. The summed E-state index contributed by atoms with van der Waals surface area (Å²) >= 11 is 0. The van der Waals surface area contributed by atoms with Gasteiger partial charge in [-0.1, -0.05) is 22.9 Å². The summed E-state index contributed by atoms with van der Waals surface area (Å²) < 4.78 is 33.2. The van der Waals surface area contributed by atoms with Gasteiger partial charge >= 0.3 is 0 Å². The zero-order valence-electron chi connectivity index (χ0n) is 14.8. The number of sulfonamides is 1. The smallest absolute Gasteiger partial charge is 0.276 e. The second-order valence-electron chi connectivity index (χ2n) is 6.66. The SMILES string of the molecule is Cc1ccc(NS(=O)(=O)c2ccc3onc(C(=O)N4CCCC4)c3c2)cc1. The van der Waals surface area contributed by atoms with Gasteiger partial charge in [0.2, 0.25) is 0 Å². The van der Waals surface area contributed by atoms with Crippen LogP contribution in [0.5, 0.6) is 0 Å². The highest BCUT2D eigenvalue weighted by atomic mass is 32.2. The van der Waals surface area contributed by atoms with E-state index in [2.05, 4.69) is 9.88 Å². The fourth-order valence-electron chi connectivity index (χ4n) is 3.14. The first-order valence-corrected chi connectivity index (χ1v) is 10.2. The minimum atomic E-state index is -3.80. The molecule has 1 amide bonds. The highest BCUT2D eigenvalue weighted by Crippen LogP contribution is 2.26. The Hall–Kier alpha value is -2.87. The second-order valence-corrected chi connectivity index (χ2v) is 8.34. The molecule has 1 saturated heterocycles. The van der Waals surface area contributed by atoms with Gasteiger partial charge in [0.15, 0.2) is 11.3 Å². The largest absolute Gasteiger partial charge is 0.355 e. The molecule has 1 fully saturated rings. The van der Waals surface area contributed by atoms with E-state index in [1.165, 1.54) is 18.2 Å². The van der Waals surface area contributed by atoms with Crippen molar-refractivity contribution in [1.29, 1.82) is 0 Å². The van der Waals surface area contributed by atoms with Crippen LogP contribution in [0.2, 0.25) is 0 Å². The fraction of sp³-hybridized carbons (Fsp3) is 0.263. The lowest BCUT2D eigenvalue weighted by Gasteiger charge is -2.13. The first-order chi connectivity index (χ1) is 12.9. The van der Waals surface area contributed by atoms with Gasteiger partial charge in [-0.25, -0.2) is 8.42 Å². The van der Waals surface area contributed by atoms with Crippen molar-refractivity contribution < 1.29 is 17.7 Å². The highest BCUT2D eigenvalue weighted by molar-refractivity contribution is 7.92. The molecule has 1 aliphatic heterocycles. The number of rotatable bonds is 4. The quantitative estimate of drug-likeness (QED) is 0.745. The first kappa shape index (κ1) is 17.5. The number of anilines is 1. The Morgan fingerprint density at radius 3 is 2.52 bits per heavy atom. The lowest BCUT2D eigenvalue weighted by Crippen LogP contribution is -2.28. The molecule has 1 aliphatic rings. The molecule has 3 aromatic rings. The van der Waals surface area contributed by atoms with E-state index in [0.29, 0.717) is 29.7 Å². The van der Waals surface area contributed by atoms with Gasteiger partial charge in [-0.15, -0.1) is 0 Å². The van der Waals surface area contributed by atoms with Crippen molar-refractivity contribution in [2.75, 3.05) is 17.8 Å². The highest BCUT2D eigenvalue weighted by Gasteiger charge is 2.26. The van der Waals surface area contributed by atoms with Crippen molar-refractivity contribution in [2.24, 2.45) is 0 Å². The Bertz CT molecular complexity index is 1100. The Kier molecular flexibility index (Phi) is 4.35. The molecular formula is C19H19N3O4S. The van der Waals surface area contributed by atoms with Crippen LogP contribution < -0.4 is 4.72 Å². The van der Waals surface area contributed by atoms with Gasteiger partial charge in [0, 0.05) is 18.8 Å². The van der Waals surface area contributed by atoms with Gasteiger partial charge < -0.3 is 9.42 Å². The third-order valence-corrected chi connectivity index (χ3v) is 6.03. The van der Waals surface area contributed by atoms with E-state index in [-0.39, 0.29) is 16.5 Å². The minimum absolute atomic E-state index is 0.0502. The Labute approximate surface area is 157 Å². The number of carbonyl (C=O) groups excluding carboxylic acids is 1. The number of hydrogen-bond donors (Lipinski definition) is 1. The topological polar surface area (TPSA) is 92.5 Å². The van der Waals surface area contributed by atoms with Crippen molar-refractivity contribution in [3.8, 4) is 0 Å². The maximum atomic E-state index is 12.7. The van der Waals surface area contributed by atoms with Gasteiger partial charge in [-0.05, 0) is 50.1 Å². The number of hydrogen-bond acceptors (Lipinski definition) is 5. The predicted octanol–water partition coefficient (Wildman–Crippen LogP) is 3.17. The number of likely N-dealkylation sites (tertiary alicyclic amines) is 1. The number of fused-ring (bicyclic) bond motifs is 1. The summed E-state index contributed by atoms with van der Waals surface area (Å²) in [6, 6.07) is 11.5. The lowest BCUT2D eigenvalue weighted by atomic mass is 10.2. The third kappa shape index (κ3) is 3.40. The number of benzene rings is 2. The molecule has 0 bridgehead atoms. The standard InChI is InChI=1S/C19H19N3O4S/c1-13-4-6-14(7-5-13)21-27(24,25)15-8-9-17-16(12-15)18(20-26-17)19(23)22-10-2-3-11-22/h4-9,12,21H,2-3,10-11H2,1H3. The van der Waals surface area contributed by atoms with Gasteiger partial charge in [0.25, 0.3) is 15.9 Å². The Balaban J connectivity index is 1.68. The van der Waals surface area contributed by atoms with Crippen molar-refractivity contribution in [3.63, 3.8) is 0 Å². The van der Waals surface area contributed by atoms with Crippen LogP contribution in [0.25, 0.3) is 11.0 Å². The van der Waals surface area contributed by atoms with E-state index >= 15 is 0 Å². The van der Waals surface area contributed by atoms with Crippen LogP contribution in [-0.4, -0.2) is 37.5 Å². The van der Waals surface area contributed by atoms with Crippen LogP contribution >= 0.6 is 0 Å². The van der Waals surface area contributed by atoms with E-state index < -0.39 is 10.0 Å². The Morgan fingerprint density at radius 1 is 1.11 bits per heavy atom. The molecule has 0 atom stereocenters. The number of aryl methyl sites for hydroxylation is 1. The fourth-order valence-corrected chi connectivity index (χ4v) is 4.23. The summed E-state index contributed by atoms with van der Waals surface area (Å²) in [4.78, 5) is 14.4. The molecule has 0 radical (unpaired) electrons. The zero-order chi connectivity index (χ0) is 19.0. The van der Waals surface area contributed by atoms with E-state index in [1.807, 2.05) is 19.1 Å². The monoisotopic (exact) mass is 385 g/mol. The van der Waals surface area contributed by atoms with Gasteiger partial charge in [0.1, 0.15) is 0 Å². The van der Waals surface area contributed by atoms with Crippen LogP contribution in [0, 0.1) is 6.92 Å². The molecule has 0 aliphatic carbocycles. The lowest BCUT2D eigenvalue weighted by molar-refractivity contribution is 0.0784. The average Bonchev–Trinajstić information content (AvgIpc) is 3.32. The predicted molar refractivity (Wildman–Crippen MR) is 101 cm³/mol. The molecule has 0 saturated carbocycles. The molecule has 7 nitrogen and oxygen atoms in total. The third-order valence-electron chi connectivity index (χ3n) is 4.65. The normalized spacial score (nSPS) is 14.6. The molecule has 2 aromatic carbocycles. The molecule has 4 rings (SSSR count). The van der Waals surface area contributed by atoms with Gasteiger partial charge in [-0.2, -0.15) is 0 Å². The summed E-state index contributed by atoms with van der Waals surface area (Å²) in [5, 5.41) is 4.28. The number of nitrogens with one attached hydrogen (secondary N) is 1. The molecular weight excluding hydrogens is 366 g/mol. The van der Waals surface area contributed by atoms with E-state index in [9.17, 15) is 13.2 Å². The summed E-state index contributed by atoms with van der Waals surface area (Å²) in [5.41, 5.74) is 2.04.